The summed E-state index contributed by atoms with van der Waals surface area (Å²) in [7, 11) is 1.91. The lowest BCUT2D eigenvalue weighted by atomic mass is 10.0. The normalized spacial score (nSPS) is 12.7. The van der Waals surface area contributed by atoms with Crippen LogP contribution < -0.4 is 11.3 Å². The number of pyridine rings is 1. The van der Waals surface area contributed by atoms with Crippen LogP contribution in [0.15, 0.2) is 24.5 Å². The molecule has 0 aliphatic heterocycles. The van der Waals surface area contributed by atoms with E-state index >= 15 is 0 Å². The number of nitrogens with two attached hydrogens (primary N) is 1. The molecule has 5 heteroatoms. The van der Waals surface area contributed by atoms with Crippen LogP contribution in [-0.4, -0.2) is 14.8 Å². The van der Waals surface area contributed by atoms with Crippen molar-refractivity contribution >= 4 is 0 Å². The second kappa shape index (κ2) is 5.29. The van der Waals surface area contributed by atoms with Crippen molar-refractivity contribution in [2.24, 2.45) is 12.9 Å². The van der Waals surface area contributed by atoms with Crippen LogP contribution in [0, 0.1) is 13.8 Å². The second-order valence-electron chi connectivity index (χ2n) is 4.62. The van der Waals surface area contributed by atoms with E-state index in [4.69, 9.17) is 5.84 Å². The summed E-state index contributed by atoms with van der Waals surface area (Å²) < 4.78 is 1.79. The number of hydrogen-bond donors (Lipinski definition) is 2. The maximum absolute atomic E-state index is 5.64. The molecule has 1 atom stereocenters. The smallest absolute Gasteiger partial charge is 0.0690 e. The van der Waals surface area contributed by atoms with Gasteiger partial charge in [0, 0.05) is 25.9 Å². The SMILES string of the molecule is Cc1cnc(C(Cc2ccn(C)n2)NN)c(C)c1. The fourth-order valence-electron chi connectivity index (χ4n) is 2.11. The van der Waals surface area contributed by atoms with Gasteiger partial charge in [-0.2, -0.15) is 5.10 Å². The first-order valence-corrected chi connectivity index (χ1v) is 5.98. The molecule has 0 aromatic carbocycles. The molecule has 1 unspecified atom stereocenters. The van der Waals surface area contributed by atoms with Crippen molar-refractivity contribution < 1.29 is 0 Å². The Morgan fingerprint density at radius 3 is 2.78 bits per heavy atom. The van der Waals surface area contributed by atoms with Gasteiger partial charge in [0.1, 0.15) is 0 Å². The minimum atomic E-state index is -0.0134. The Morgan fingerprint density at radius 1 is 1.44 bits per heavy atom. The zero-order valence-electron chi connectivity index (χ0n) is 11.0. The molecule has 0 spiro atoms. The van der Waals surface area contributed by atoms with Crippen molar-refractivity contribution in [3.05, 3.63) is 47.0 Å². The third-order valence-corrected chi connectivity index (χ3v) is 2.97. The molecule has 96 valence electrons. The molecule has 0 radical (unpaired) electrons. The molecule has 2 heterocycles. The van der Waals surface area contributed by atoms with Gasteiger partial charge in [-0.1, -0.05) is 6.07 Å². The minimum Gasteiger partial charge on any atom is -0.276 e. The van der Waals surface area contributed by atoms with Gasteiger partial charge in [-0.15, -0.1) is 0 Å². The van der Waals surface area contributed by atoms with Crippen LogP contribution in [0.5, 0.6) is 0 Å². The Hall–Kier alpha value is -1.72. The molecule has 2 rings (SSSR count). The van der Waals surface area contributed by atoms with Gasteiger partial charge >= 0.3 is 0 Å². The van der Waals surface area contributed by atoms with Gasteiger partial charge in [-0.05, 0) is 31.0 Å². The van der Waals surface area contributed by atoms with Gasteiger partial charge in [0.05, 0.1) is 17.4 Å². The van der Waals surface area contributed by atoms with Gasteiger partial charge in [0.25, 0.3) is 0 Å². The van der Waals surface area contributed by atoms with Crippen molar-refractivity contribution in [3.63, 3.8) is 0 Å². The van der Waals surface area contributed by atoms with Crippen LogP contribution >= 0.6 is 0 Å². The first-order valence-electron chi connectivity index (χ1n) is 5.98. The lowest BCUT2D eigenvalue weighted by molar-refractivity contribution is 0.526. The number of nitrogens with one attached hydrogen (secondary N) is 1. The molecule has 0 aliphatic rings. The van der Waals surface area contributed by atoms with Crippen molar-refractivity contribution in [2.75, 3.05) is 0 Å². The van der Waals surface area contributed by atoms with Gasteiger partial charge in [0.15, 0.2) is 0 Å². The van der Waals surface area contributed by atoms with Gasteiger partial charge in [-0.25, -0.2) is 0 Å². The van der Waals surface area contributed by atoms with E-state index in [9.17, 15) is 0 Å². The van der Waals surface area contributed by atoms with Crippen molar-refractivity contribution in [1.29, 1.82) is 0 Å². The largest absolute Gasteiger partial charge is 0.276 e. The third kappa shape index (κ3) is 2.75. The van der Waals surface area contributed by atoms with Crippen molar-refractivity contribution in [3.8, 4) is 0 Å². The Balaban J connectivity index is 2.22. The van der Waals surface area contributed by atoms with Gasteiger partial charge < -0.3 is 0 Å². The second-order valence-corrected chi connectivity index (χ2v) is 4.62. The number of aromatic nitrogens is 3. The summed E-state index contributed by atoms with van der Waals surface area (Å²) in [5.41, 5.74) is 7.11. The summed E-state index contributed by atoms with van der Waals surface area (Å²) in [6.45, 7) is 4.09. The summed E-state index contributed by atoms with van der Waals surface area (Å²) in [5, 5.41) is 4.36. The minimum absolute atomic E-state index is 0.0134. The topological polar surface area (TPSA) is 68.8 Å². The zero-order chi connectivity index (χ0) is 13.1. The molecule has 3 N–H and O–H groups in total. The molecule has 0 saturated heterocycles. The molecule has 2 aromatic rings. The quantitative estimate of drug-likeness (QED) is 0.627. The van der Waals surface area contributed by atoms with Gasteiger partial charge in [-0.3, -0.25) is 20.9 Å². The maximum atomic E-state index is 5.64. The van der Waals surface area contributed by atoms with Crippen molar-refractivity contribution in [2.45, 2.75) is 26.3 Å². The third-order valence-electron chi connectivity index (χ3n) is 2.97. The van der Waals surface area contributed by atoms with E-state index in [1.807, 2.05) is 32.4 Å². The van der Waals surface area contributed by atoms with E-state index in [2.05, 4.69) is 28.5 Å². The van der Waals surface area contributed by atoms with E-state index < -0.39 is 0 Å². The number of hydrogen-bond acceptors (Lipinski definition) is 4. The number of rotatable bonds is 4. The van der Waals surface area contributed by atoms with Crippen LogP contribution in [0.4, 0.5) is 0 Å². The van der Waals surface area contributed by atoms with Crippen LogP contribution in [0.1, 0.15) is 28.6 Å². The highest BCUT2D eigenvalue weighted by Gasteiger charge is 2.15. The van der Waals surface area contributed by atoms with E-state index in [1.54, 1.807) is 4.68 Å². The predicted octanol–water partition coefficient (Wildman–Crippen LogP) is 1.18. The average Bonchev–Trinajstić information content (AvgIpc) is 2.72. The van der Waals surface area contributed by atoms with E-state index in [0.717, 1.165) is 28.9 Å². The molecule has 0 amide bonds. The fraction of sp³-hybridized carbons (Fsp3) is 0.385. The monoisotopic (exact) mass is 245 g/mol. The summed E-state index contributed by atoms with van der Waals surface area (Å²) in [6.07, 6.45) is 4.53. The molecule has 0 fully saturated rings. The molecule has 0 bridgehead atoms. The highest BCUT2D eigenvalue weighted by atomic mass is 15.3. The van der Waals surface area contributed by atoms with Gasteiger partial charge in [0.2, 0.25) is 0 Å². The molecule has 2 aromatic heterocycles. The first kappa shape index (κ1) is 12.7. The number of nitrogens with zero attached hydrogens (tertiary/aromatic N) is 3. The Labute approximate surface area is 107 Å². The average molecular weight is 245 g/mol. The van der Waals surface area contributed by atoms with E-state index in [-0.39, 0.29) is 6.04 Å². The van der Waals surface area contributed by atoms with E-state index in [1.165, 1.54) is 0 Å². The van der Waals surface area contributed by atoms with Crippen LogP contribution in [0.3, 0.4) is 0 Å². The lowest BCUT2D eigenvalue weighted by Gasteiger charge is -2.16. The summed E-state index contributed by atoms with van der Waals surface area (Å²) in [6, 6.07) is 4.10. The standard InChI is InChI=1S/C13H19N5/c1-9-6-10(2)13(15-8-9)12(16-14)7-11-4-5-18(3)17-11/h4-6,8,12,16H,7,14H2,1-3H3. The van der Waals surface area contributed by atoms with E-state index in [0.29, 0.717) is 0 Å². The molecule has 0 saturated carbocycles. The number of hydrazine groups is 1. The number of aryl methyl sites for hydroxylation is 3. The van der Waals surface area contributed by atoms with Crippen LogP contribution in [0.25, 0.3) is 0 Å². The Bertz CT molecular complexity index is 532. The summed E-state index contributed by atoms with van der Waals surface area (Å²) >= 11 is 0. The fourth-order valence-corrected chi connectivity index (χ4v) is 2.11. The summed E-state index contributed by atoms with van der Waals surface area (Å²) in [5.74, 6) is 5.64. The molecule has 0 aliphatic carbocycles. The maximum Gasteiger partial charge on any atom is 0.0690 e. The first-order chi connectivity index (χ1) is 8.60. The Kier molecular flexibility index (Phi) is 3.74. The molecular weight excluding hydrogens is 226 g/mol. The lowest BCUT2D eigenvalue weighted by Crippen LogP contribution is -2.31. The molecule has 5 nitrogen and oxygen atoms in total. The highest BCUT2D eigenvalue weighted by molar-refractivity contribution is 5.26. The van der Waals surface area contributed by atoms with Crippen LogP contribution in [0.2, 0.25) is 0 Å². The Morgan fingerprint density at radius 2 is 2.22 bits per heavy atom. The predicted molar refractivity (Wildman–Crippen MR) is 70.7 cm³/mol. The molecular formula is C13H19N5. The highest BCUT2D eigenvalue weighted by Crippen LogP contribution is 2.19. The van der Waals surface area contributed by atoms with Crippen molar-refractivity contribution in [1.82, 2.24) is 20.2 Å². The van der Waals surface area contributed by atoms with Crippen LogP contribution in [-0.2, 0) is 13.5 Å². The summed E-state index contributed by atoms with van der Waals surface area (Å²) in [4.78, 5) is 4.47. The zero-order valence-corrected chi connectivity index (χ0v) is 11.0. The molecule has 18 heavy (non-hydrogen) atoms.